The zero-order valence-electron chi connectivity index (χ0n) is 75.8. The van der Waals surface area contributed by atoms with Gasteiger partial charge in [-0.1, -0.05) is 425 Å². The second-order valence-corrected chi connectivity index (χ2v) is 35.6. The number of pyridine rings is 2. The number of aromatic nitrogens is 10. The minimum atomic E-state index is 0.625. The summed E-state index contributed by atoms with van der Waals surface area (Å²) in [4.78, 5) is 40.5. The van der Waals surface area contributed by atoms with Crippen LogP contribution in [0.15, 0.2) is 497 Å². The van der Waals surface area contributed by atoms with Crippen LogP contribution in [0.25, 0.3) is 266 Å². The predicted molar refractivity (Wildman–Crippen MR) is 580 cm³/mol. The van der Waals surface area contributed by atoms with Crippen molar-refractivity contribution >= 4 is 109 Å². The van der Waals surface area contributed by atoms with Crippen molar-refractivity contribution in [3.8, 4) is 158 Å². The Labute approximate surface area is 807 Å². The third kappa shape index (κ3) is 15.0. The van der Waals surface area contributed by atoms with Gasteiger partial charge in [0.05, 0.1) is 44.5 Å². The lowest BCUT2D eigenvalue weighted by Crippen LogP contribution is -2.00. The topological polar surface area (TPSA) is 113 Å². The highest BCUT2D eigenvalue weighted by atomic mass is 15.0. The fraction of sp³-hybridized carbons (Fsp3) is 0. The van der Waals surface area contributed by atoms with Crippen molar-refractivity contribution in [2.24, 2.45) is 0 Å². The molecule has 0 fully saturated rings. The first-order valence-corrected chi connectivity index (χ1v) is 47.3. The van der Waals surface area contributed by atoms with E-state index >= 15 is 0 Å². The molecule has 0 aliphatic rings. The molecular formula is C130H82N10. The Morgan fingerprint density at radius 2 is 0.343 bits per heavy atom. The van der Waals surface area contributed by atoms with Crippen molar-refractivity contribution in [3.05, 3.63) is 497 Å². The number of hydrogen-bond donors (Lipinski definition) is 0. The zero-order valence-corrected chi connectivity index (χ0v) is 75.8. The Balaban J connectivity index is 0.000000145. The molecule has 10 nitrogen and oxygen atoms in total. The summed E-state index contributed by atoms with van der Waals surface area (Å²) in [5.74, 6) is 3.82. The van der Waals surface area contributed by atoms with Crippen LogP contribution in [0.3, 0.4) is 0 Å². The Kier molecular flexibility index (Phi) is 20.4. The number of rotatable bonds is 15. The Morgan fingerprint density at radius 3 is 0.643 bits per heavy atom. The quantitative estimate of drug-likeness (QED) is 0.0933. The second-order valence-electron chi connectivity index (χ2n) is 35.6. The molecule has 27 rings (SSSR count). The normalized spacial score (nSPS) is 11.6. The minimum absolute atomic E-state index is 0.625. The summed E-state index contributed by atoms with van der Waals surface area (Å²) in [5, 5.41) is 16.8. The molecule has 140 heavy (non-hydrogen) atoms. The van der Waals surface area contributed by atoms with Gasteiger partial charge in [-0.05, 0) is 150 Å². The maximum atomic E-state index is 5.42. The molecule has 0 aliphatic heterocycles. The average Bonchev–Trinajstić information content (AvgIpc) is 1.21. The van der Waals surface area contributed by atoms with E-state index in [2.05, 4.69) is 410 Å². The summed E-state index contributed by atoms with van der Waals surface area (Å²) in [6.45, 7) is 0. The van der Waals surface area contributed by atoms with Crippen molar-refractivity contribution in [2.45, 2.75) is 0 Å². The lowest BCUT2D eigenvalue weighted by atomic mass is 9.93. The molecule has 0 saturated carbocycles. The number of nitrogens with zero attached hydrogens (tertiary/aromatic N) is 10. The van der Waals surface area contributed by atoms with Gasteiger partial charge < -0.3 is 9.13 Å². The summed E-state index contributed by atoms with van der Waals surface area (Å²) in [7, 11) is 0. The minimum Gasteiger partial charge on any atom is -0.309 e. The number of fused-ring (bicyclic) bond motifs is 16. The van der Waals surface area contributed by atoms with E-state index in [1.165, 1.54) is 81.5 Å². The van der Waals surface area contributed by atoms with Crippen molar-refractivity contribution < 1.29 is 0 Å². The molecule has 10 heteroatoms. The van der Waals surface area contributed by atoms with Crippen molar-refractivity contribution in [3.63, 3.8) is 0 Å². The molecule has 27 aromatic rings. The van der Waals surface area contributed by atoms with E-state index in [1.54, 1.807) is 0 Å². The van der Waals surface area contributed by atoms with E-state index < -0.39 is 0 Å². The smallest absolute Gasteiger partial charge is 0.164 e. The van der Waals surface area contributed by atoms with Gasteiger partial charge in [-0.2, -0.15) is 0 Å². The largest absolute Gasteiger partial charge is 0.309 e. The van der Waals surface area contributed by atoms with E-state index in [0.717, 1.165) is 150 Å². The SMILES string of the molecule is c1ccc(-c2ccc(-c3nc(-c4ccccc4)nc(-c4ccc(-c5ccc(-c6nc7ccc(-c8ccc(-n9c%10ccccc%10c%10ccccc%109)cc8)cc7c7c6ccc6ccccc67)cc5)cc4)n3)cc2)cc1.c1ccc(-c2nc(-c3ccccc3)nc(-c3ccc(-c4ccc(-c5nc6ccc(-c7ccc(-n8c9ccccc9c9ccccc98)cc7)cc6c6c5ccc5ccccc56)cc4)cc3)n2)cc1. The monoisotopic (exact) mass is 1780 g/mol. The van der Waals surface area contributed by atoms with Crippen LogP contribution in [0.5, 0.6) is 0 Å². The van der Waals surface area contributed by atoms with Crippen LogP contribution in [0.2, 0.25) is 0 Å². The maximum Gasteiger partial charge on any atom is 0.164 e. The summed E-state index contributed by atoms with van der Waals surface area (Å²) in [5.41, 5.74) is 30.1. The molecule has 21 aromatic carbocycles. The van der Waals surface area contributed by atoms with E-state index in [1.807, 2.05) is 97.1 Å². The molecule has 0 saturated heterocycles. The molecule has 0 bridgehead atoms. The second kappa shape index (κ2) is 34.8. The van der Waals surface area contributed by atoms with Crippen LogP contribution in [-0.2, 0) is 0 Å². The number of benzene rings is 21. The summed E-state index contributed by atoms with van der Waals surface area (Å²) < 4.78 is 4.73. The average molecular weight is 1780 g/mol. The molecule has 652 valence electrons. The summed E-state index contributed by atoms with van der Waals surface area (Å²) >= 11 is 0. The molecule has 0 spiro atoms. The third-order valence-corrected chi connectivity index (χ3v) is 27.3. The molecule has 0 N–H and O–H groups in total. The van der Waals surface area contributed by atoms with E-state index in [-0.39, 0.29) is 0 Å². The van der Waals surface area contributed by atoms with Crippen LogP contribution in [-0.4, -0.2) is 49.0 Å². The molecule has 6 aromatic heterocycles. The van der Waals surface area contributed by atoms with Gasteiger partial charge in [0.1, 0.15) is 0 Å². The summed E-state index contributed by atoms with van der Waals surface area (Å²) in [6, 6.07) is 176. The standard InChI is InChI=1S/C68H43N5.C62H39N5/c1-3-13-44(14-4-1)45-25-31-52(32-26-45)67-70-66(51-16-5-2-6-17-51)71-68(72-67)53-33-27-47(28-34-53)46-23-29-50(30-24-46)65-59-41-37-49-15-7-8-18-56(49)64(59)60-43-54(38-42-61(60)69-65)48-35-39-55(40-36-48)73-62-21-11-9-19-57(62)58-20-10-12-22-63(58)73;1-3-14-45(15-4-1)60-64-61(46-16-5-2-6-17-46)66-62(65-60)47-29-25-41(26-30-47)40-23-27-44(28-24-40)59-53-37-33-43-13-7-8-18-50(43)58(53)54-39-48(34-38-55(54)63-59)42-31-35-49(36-32-42)67-56-21-11-9-19-51(56)52-20-10-12-22-57(52)67/h1-43H;1-39H. The third-order valence-electron chi connectivity index (χ3n) is 27.3. The first-order valence-electron chi connectivity index (χ1n) is 47.3. The first-order chi connectivity index (χ1) is 69.4. The van der Waals surface area contributed by atoms with Gasteiger partial charge in [0.2, 0.25) is 0 Å². The van der Waals surface area contributed by atoms with Crippen LogP contribution in [0.4, 0.5) is 0 Å². The number of para-hydroxylation sites is 4. The molecule has 0 atom stereocenters. The first kappa shape index (κ1) is 81.8. The lowest BCUT2D eigenvalue weighted by molar-refractivity contribution is 1.07. The highest BCUT2D eigenvalue weighted by Gasteiger charge is 2.23. The summed E-state index contributed by atoms with van der Waals surface area (Å²) in [6.07, 6.45) is 0. The fourth-order valence-corrected chi connectivity index (χ4v) is 20.3. The van der Waals surface area contributed by atoms with E-state index in [4.69, 9.17) is 39.9 Å². The molecule has 0 amide bonds. The highest BCUT2D eigenvalue weighted by molar-refractivity contribution is 6.25. The molecular weight excluding hydrogens is 1700 g/mol. The van der Waals surface area contributed by atoms with Crippen LogP contribution >= 0.6 is 0 Å². The maximum absolute atomic E-state index is 5.42. The van der Waals surface area contributed by atoms with E-state index in [9.17, 15) is 0 Å². The van der Waals surface area contributed by atoms with Gasteiger partial charge in [-0.15, -0.1) is 0 Å². The van der Waals surface area contributed by atoms with Gasteiger partial charge in [-0.25, -0.2) is 39.9 Å². The van der Waals surface area contributed by atoms with E-state index in [0.29, 0.717) is 34.9 Å². The van der Waals surface area contributed by atoms with Gasteiger partial charge in [0, 0.05) is 110 Å². The fourth-order valence-electron chi connectivity index (χ4n) is 20.3. The van der Waals surface area contributed by atoms with Gasteiger partial charge in [0.15, 0.2) is 34.9 Å². The van der Waals surface area contributed by atoms with Crippen molar-refractivity contribution in [2.75, 3.05) is 0 Å². The predicted octanol–water partition coefficient (Wildman–Crippen LogP) is 33.3. The molecule has 0 radical (unpaired) electrons. The van der Waals surface area contributed by atoms with Crippen molar-refractivity contribution in [1.82, 2.24) is 49.0 Å². The molecule has 6 heterocycles. The highest BCUT2D eigenvalue weighted by Crippen LogP contribution is 2.45. The van der Waals surface area contributed by atoms with Gasteiger partial charge >= 0.3 is 0 Å². The zero-order chi connectivity index (χ0) is 92.5. The van der Waals surface area contributed by atoms with Gasteiger partial charge in [0.25, 0.3) is 0 Å². The van der Waals surface area contributed by atoms with Crippen LogP contribution in [0.1, 0.15) is 0 Å². The Morgan fingerprint density at radius 1 is 0.129 bits per heavy atom. The van der Waals surface area contributed by atoms with Crippen molar-refractivity contribution in [1.29, 1.82) is 0 Å². The van der Waals surface area contributed by atoms with Crippen LogP contribution in [0, 0.1) is 0 Å². The Bertz CT molecular complexity index is 9300. The number of hydrogen-bond acceptors (Lipinski definition) is 8. The molecule has 0 unspecified atom stereocenters. The molecule has 0 aliphatic carbocycles. The lowest BCUT2D eigenvalue weighted by Gasteiger charge is -2.15. The van der Waals surface area contributed by atoms with Gasteiger partial charge in [-0.3, -0.25) is 0 Å². The Hall–Kier alpha value is -18.9. The van der Waals surface area contributed by atoms with Crippen LogP contribution < -0.4 is 0 Å².